The highest BCUT2D eigenvalue weighted by Gasteiger charge is 2.32. The number of imidazole rings is 1. The molecule has 0 aromatic carbocycles. The van der Waals surface area contributed by atoms with Gasteiger partial charge in [0.05, 0.1) is 25.2 Å². The summed E-state index contributed by atoms with van der Waals surface area (Å²) < 4.78 is 32.1. The molecule has 0 radical (unpaired) electrons. The first-order chi connectivity index (χ1) is 9.15. The molecular formula is C11H18N4O3S. The fourth-order valence-corrected chi connectivity index (χ4v) is 3.65. The number of nitrogens with zero attached hydrogens (tertiary/aromatic N) is 2. The average Bonchev–Trinajstić information content (AvgIpc) is 3.07. The Morgan fingerprint density at radius 1 is 1.58 bits per heavy atom. The molecule has 7 nitrogen and oxygen atoms in total. The maximum atomic E-state index is 11.9. The second-order valence-electron chi connectivity index (χ2n) is 5.01. The standard InChI is InChI=1S/C11H18N4O3S/c16-19(17,11-5-12-8-13-11)14-4-10-6-15-3-1-2-9(15)7-18-10/h5,8-10,14H,1-4,6-7H2,(H,12,13). The van der Waals surface area contributed by atoms with E-state index in [9.17, 15) is 8.42 Å². The number of nitrogens with one attached hydrogen (secondary N) is 2. The normalized spacial score (nSPS) is 28.4. The summed E-state index contributed by atoms with van der Waals surface area (Å²) in [5, 5.41) is 0.0855. The van der Waals surface area contributed by atoms with Gasteiger partial charge in [0.15, 0.2) is 5.03 Å². The van der Waals surface area contributed by atoms with Gasteiger partial charge in [-0.05, 0) is 19.4 Å². The average molecular weight is 286 g/mol. The van der Waals surface area contributed by atoms with Crippen LogP contribution in [0.25, 0.3) is 0 Å². The van der Waals surface area contributed by atoms with Crippen LogP contribution in [-0.2, 0) is 14.8 Å². The molecule has 1 aromatic heterocycles. The van der Waals surface area contributed by atoms with Crippen molar-refractivity contribution < 1.29 is 13.2 Å². The summed E-state index contributed by atoms with van der Waals surface area (Å²) in [6, 6.07) is 0.528. The third-order valence-electron chi connectivity index (χ3n) is 3.73. The fourth-order valence-electron chi connectivity index (χ4n) is 2.68. The number of aromatic amines is 1. The van der Waals surface area contributed by atoms with Crippen LogP contribution in [-0.4, -0.2) is 61.7 Å². The number of H-pyrrole nitrogens is 1. The molecular weight excluding hydrogens is 268 g/mol. The van der Waals surface area contributed by atoms with Crippen LogP contribution in [0.15, 0.2) is 17.6 Å². The molecule has 0 bridgehead atoms. The number of hydrogen-bond donors (Lipinski definition) is 2. The topological polar surface area (TPSA) is 87.3 Å². The van der Waals surface area contributed by atoms with Crippen molar-refractivity contribution in [2.75, 3.05) is 26.2 Å². The summed E-state index contributed by atoms with van der Waals surface area (Å²) >= 11 is 0. The number of hydrogen-bond acceptors (Lipinski definition) is 5. The fraction of sp³-hybridized carbons (Fsp3) is 0.727. The van der Waals surface area contributed by atoms with Gasteiger partial charge in [-0.2, -0.15) is 0 Å². The van der Waals surface area contributed by atoms with E-state index in [0.717, 1.165) is 13.1 Å². The molecule has 0 amide bonds. The first kappa shape index (κ1) is 13.0. The van der Waals surface area contributed by atoms with Crippen LogP contribution in [0.3, 0.4) is 0 Å². The van der Waals surface area contributed by atoms with Crippen LogP contribution in [0.5, 0.6) is 0 Å². The summed E-state index contributed by atoms with van der Waals surface area (Å²) in [5.74, 6) is 0. The summed E-state index contributed by atoms with van der Waals surface area (Å²) in [7, 11) is -3.51. The number of morpholine rings is 1. The summed E-state index contributed by atoms with van der Waals surface area (Å²) in [4.78, 5) is 8.69. The summed E-state index contributed by atoms with van der Waals surface area (Å²) in [6.07, 6.45) is 4.96. The number of sulfonamides is 1. The maximum absolute atomic E-state index is 11.9. The van der Waals surface area contributed by atoms with Crippen molar-refractivity contribution in [2.45, 2.75) is 30.0 Å². The molecule has 1 aromatic rings. The van der Waals surface area contributed by atoms with E-state index in [4.69, 9.17) is 4.74 Å². The maximum Gasteiger partial charge on any atom is 0.257 e. The zero-order chi connectivity index (χ0) is 13.3. The third kappa shape index (κ3) is 2.81. The molecule has 8 heteroatoms. The predicted molar refractivity (Wildman–Crippen MR) is 68.1 cm³/mol. The molecule has 0 saturated carbocycles. The van der Waals surface area contributed by atoms with Crippen molar-refractivity contribution in [3.05, 3.63) is 12.5 Å². The lowest BCUT2D eigenvalue weighted by atomic mass is 10.2. The predicted octanol–water partition coefficient (Wildman–Crippen LogP) is -0.449. The first-order valence-corrected chi connectivity index (χ1v) is 7.97. The van der Waals surface area contributed by atoms with E-state index >= 15 is 0 Å². The van der Waals surface area contributed by atoms with Gasteiger partial charge in [-0.1, -0.05) is 0 Å². The number of fused-ring (bicyclic) bond motifs is 1. The molecule has 106 valence electrons. The monoisotopic (exact) mass is 286 g/mol. The van der Waals surface area contributed by atoms with Gasteiger partial charge in [0, 0.05) is 19.1 Å². The number of ether oxygens (including phenoxy) is 1. The molecule has 2 N–H and O–H groups in total. The van der Waals surface area contributed by atoms with Gasteiger partial charge in [0.1, 0.15) is 0 Å². The largest absolute Gasteiger partial charge is 0.374 e. The molecule has 3 heterocycles. The van der Waals surface area contributed by atoms with E-state index in [-0.39, 0.29) is 11.1 Å². The third-order valence-corrected chi connectivity index (χ3v) is 5.07. The van der Waals surface area contributed by atoms with Crippen molar-refractivity contribution >= 4 is 10.0 Å². The van der Waals surface area contributed by atoms with Crippen molar-refractivity contribution in [1.29, 1.82) is 0 Å². The highest BCUT2D eigenvalue weighted by Crippen LogP contribution is 2.22. The van der Waals surface area contributed by atoms with Crippen molar-refractivity contribution in [3.8, 4) is 0 Å². The van der Waals surface area contributed by atoms with Crippen LogP contribution < -0.4 is 4.72 Å². The Morgan fingerprint density at radius 3 is 3.26 bits per heavy atom. The van der Waals surface area contributed by atoms with Gasteiger partial charge < -0.3 is 9.72 Å². The molecule has 2 unspecified atom stereocenters. The van der Waals surface area contributed by atoms with Crippen LogP contribution in [0, 0.1) is 0 Å². The van der Waals surface area contributed by atoms with Gasteiger partial charge in [0.25, 0.3) is 10.0 Å². The molecule has 3 rings (SSSR count). The molecule has 2 aliphatic rings. The molecule has 19 heavy (non-hydrogen) atoms. The van der Waals surface area contributed by atoms with E-state index in [2.05, 4.69) is 19.6 Å². The highest BCUT2D eigenvalue weighted by molar-refractivity contribution is 7.89. The van der Waals surface area contributed by atoms with E-state index < -0.39 is 10.0 Å². The van der Waals surface area contributed by atoms with Crippen LogP contribution in [0.1, 0.15) is 12.8 Å². The minimum absolute atomic E-state index is 0.0768. The van der Waals surface area contributed by atoms with Gasteiger partial charge in [0.2, 0.25) is 0 Å². The Balaban J connectivity index is 1.55. The zero-order valence-corrected chi connectivity index (χ0v) is 11.4. The molecule has 0 spiro atoms. The van der Waals surface area contributed by atoms with Gasteiger partial charge in [-0.25, -0.2) is 18.1 Å². The van der Waals surface area contributed by atoms with Crippen molar-refractivity contribution in [1.82, 2.24) is 19.6 Å². The molecule has 2 fully saturated rings. The van der Waals surface area contributed by atoms with Gasteiger partial charge >= 0.3 is 0 Å². The number of rotatable bonds is 4. The minimum Gasteiger partial charge on any atom is -0.374 e. The van der Waals surface area contributed by atoms with E-state index in [1.165, 1.54) is 25.4 Å². The summed E-state index contributed by atoms with van der Waals surface area (Å²) in [6.45, 7) is 2.90. The second kappa shape index (κ2) is 5.20. The van der Waals surface area contributed by atoms with Gasteiger partial charge in [-0.15, -0.1) is 0 Å². The van der Waals surface area contributed by atoms with E-state index in [0.29, 0.717) is 19.2 Å². The lowest BCUT2D eigenvalue weighted by molar-refractivity contribution is -0.0449. The second-order valence-corrected chi connectivity index (χ2v) is 6.75. The van der Waals surface area contributed by atoms with Crippen LogP contribution >= 0.6 is 0 Å². The zero-order valence-electron chi connectivity index (χ0n) is 10.6. The van der Waals surface area contributed by atoms with E-state index in [1.54, 1.807) is 0 Å². The Kier molecular flexibility index (Phi) is 3.57. The summed E-state index contributed by atoms with van der Waals surface area (Å²) in [5.41, 5.74) is 0. The lowest BCUT2D eigenvalue weighted by Gasteiger charge is -2.35. The Labute approximate surface area is 112 Å². The lowest BCUT2D eigenvalue weighted by Crippen LogP contribution is -2.50. The Bertz CT molecular complexity index is 516. The van der Waals surface area contributed by atoms with Crippen molar-refractivity contribution in [3.63, 3.8) is 0 Å². The Morgan fingerprint density at radius 2 is 2.47 bits per heavy atom. The van der Waals surface area contributed by atoms with Crippen molar-refractivity contribution in [2.24, 2.45) is 0 Å². The Hall–Kier alpha value is -0.960. The van der Waals surface area contributed by atoms with Crippen LogP contribution in [0.4, 0.5) is 0 Å². The smallest absolute Gasteiger partial charge is 0.257 e. The molecule has 2 aliphatic heterocycles. The number of aromatic nitrogens is 2. The molecule has 0 aliphatic carbocycles. The van der Waals surface area contributed by atoms with Crippen LogP contribution in [0.2, 0.25) is 0 Å². The van der Waals surface area contributed by atoms with E-state index in [1.807, 2.05) is 0 Å². The first-order valence-electron chi connectivity index (χ1n) is 6.49. The highest BCUT2D eigenvalue weighted by atomic mass is 32.2. The van der Waals surface area contributed by atoms with Gasteiger partial charge in [-0.3, -0.25) is 4.90 Å². The molecule has 2 saturated heterocycles. The SMILES string of the molecule is O=S(=O)(NCC1CN2CCCC2CO1)c1cnc[nH]1. The minimum atomic E-state index is -3.51. The molecule has 2 atom stereocenters. The quantitative estimate of drug-likeness (QED) is 0.783.